The molecule has 2 heterocycles. The maximum Gasteiger partial charge on any atom is 0.410 e. The quantitative estimate of drug-likeness (QED) is 0.0608. The molecule has 1 aromatic heterocycles. The van der Waals surface area contributed by atoms with Gasteiger partial charge in [0.1, 0.15) is 36.4 Å². The zero-order valence-corrected chi connectivity index (χ0v) is 36.6. The summed E-state index contributed by atoms with van der Waals surface area (Å²) in [5.41, 5.74) is 4.83. The number of benzene rings is 2. The summed E-state index contributed by atoms with van der Waals surface area (Å²) in [7, 11) is 1.72. The molecular formula is C49H65N3O9. The normalized spacial score (nSPS) is 23.6. The van der Waals surface area contributed by atoms with E-state index in [9.17, 15) is 15.0 Å². The lowest BCUT2D eigenvalue weighted by molar-refractivity contribution is -0.253. The summed E-state index contributed by atoms with van der Waals surface area (Å²) in [6.45, 7) is 13.2. The molecular weight excluding hydrogens is 775 g/mol. The molecule has 6 unspecified atom stereocenters. The molecule has 61 heavy (non-hydrogen) atoms. The fourth-order valence-corrected chi connectivity index (χ4v) is 9.03. The van der Waals surface area contributed by atoms with Gasteiger partial charge in [0, 0.05) is 43.9 Å². The predicted octanol–water partition coefficient (Wildman–Crippen LogP) is 8.69. The first-order chi connectivity index (χ1) is 29.5. The van der Waals surface area contributed by atoms with E-state index in [0.717, 1.165) is 53.8 Å². The third-order valence-electron chi connectivity index (χ3n) is 11.7. The van der Waals surface area contributed by atoms with Gasteiger partial charge in [0.2, 0.25) is 5.79 Å². The third kappa shape index (κ3) is 11.4. The average molecular weight is 840 g/mol. The molecule has 0 bridgehead atoms. The van der Waals surface area contributed by atoms with Gasteiger partial charge in [0.25, 0.3) is 0 Å². The zero-order valence-electron chi connectivity index (χ0n) is 36.6. The fraction of sp³-hybridized carbons (Fsp3) is 0.531. The van der Waals surface area contributed by atoms with Crippen LogP contribution in [0.1, 0.15) is 94.1 Å². The van der Waals surface area contributed by atoms with Crippen LogP contribution in [0.4, 0.5) is 4.79 Å². The lowest BCUT2D eigenvalue weighted by Crippen LogP contribution is -2.69. The number of likely N-dealkylation sites (N-methyl/N-ethyl adjacent to an activating group) is 1. The Kier molecular flexibility index (Phi) is 16.0. The molecule has 12 heteroatoms. The van der Waals surface area contributed by atoms with E-state index in [1.54, 1.807) is 18.0 Å². The van der Waals surface area contributed by atoms with Gasteiger partial charge in [0.15, 0.2) is 0 Å². The van der Waals surface area contributed by atoms with E-state index < -0.39 is 29.4 Å². The summed E-state index contributed by atoms with van der Waals surface area (Å²) in [4.78, 5) is 26.6. The number of carbonyl (C=O) groups excluding carboxylic acids is 1. The summed E-state index contributed by atoms with van der Waals surface area (Å²) in [5, 5.41) is 24.7. The summed E-state index contributed by atoms with van der Waals surface area (Å²) in [5.74, 6) is -0.543. The number of pyridine rings is 1. The fourth-order valence-electron chi connectivity index (χ4n) is 9.03. The van der Waals surface area contributed by atoms with E-state index in [2.05, 4.69) is 23.7 Å². The summed E-state index contributed by atoms with van der Waals surface area (Å²) < 4.78 is 32.3. The van der Waals surface area contributed by atoms with Gasteiger partial charge in [-0.25, -0.2) is 4.79 Å². The van der Waals surface area contributed by atoms with E-state index in [1.165, 1.54) is 0 Å². The maximum absolute atomic E-state index is 14.1. The number of fused-ring (bicyclic) bond motifs is 2. The van der Waals surface area contributed by atoms with Crippen LogP contribution in [0.5, 0.6) is 11.5 Å². The highest BCUT2D eigenvalue weighted by molar-refractivity contribution is 6.03. The molecule has 1 fully saturated rings. The van der Waals surface area contributed by atoms with Gasteiger partial charge in [-0.3, -0.25) is 4.98 Å². The van der Waals surface area contributed by atoms with Gasteiger partial charge in [-0.1, -0.05) is 66.5 Å². The van der Waals surface area contributed by atoms with Crippen molar-refractivity contribution in [3.8, 4) is 11.5 Å². The van der Waals surface area contributed by atoms with Crippen molar-refractivity contribution < 1.29 is 43.5 Å². The van der Waals surface area contributed by atoms with Crippen LogP contribution in [0.15, 0.2) is 96.2 Å². The van der Waals surface area contributed by atoms with Gasteiger partial charge >= 0.3 is 6.09 Å². The molecule has 1 saturated carbocycles. The number of nitrogens with zero attached hydrogens (tertiary/aromatic N) is 3. The van der Waals surface area contributed by atoms with Crippen LogP contribution in [0.2, 0.25) is 0 Å². The van der Waals surface area contributed by atoms with Crippen molar-refractivity contribution in [1.29, 1.82) is 0 Å². The van der Waals surface area contributed by atoms with Crippen LogP contribution in [-0.4, -0.2) is 89.4 Å². The number of ether oxygens (including phenoxy) is 5. The van der Waals surface area contributed by atoms with E-state index >= 15 is 0 Å². The number of hydrogen-bond donors (Lipinski definition) is 2. The molecule has 330 valence electrons. The van der Waals surface area contributed by atoms with Crippen molar-refractivity contribution in [3.05, 3.63) is 114 Å². The van der Waals surface area contributed by atoms with E-state index in [0.29, 0.717) is 43.3 Å². The molecule has 2 aromatic carbocycles. The molecule has 6 rings (SSSR count). The van der Waals surface area contributed by atoms with Gasteiger partial charge in [-0.15, -0.1) is 6.58 Å². The largest absolute Gasteiger partial charge is 0.487 e. The highest BCUT2D eigenvalue weighted by atomic mass is 16.7. The molecule has 0 radical (unpaired) electrons. The smallest absolute Gasteiger partial charge is 0.410 e. The van der Waals surface area contributed by atoms with Crippen molar-refractivity contribution in [2.45, 2.75) is 109 Å². The van der Waals surface area contributed by atoms with Gasteiger partial charge in [0.05, 0.1) is 37.1 Å². The summed E-state index contributed by atoms with van der Waals surface area (Å²) in [6, 6.07) is 21.0. The highest BCUT2D eigenvalue weighted by Gasteiger charge is 2.65. The Bertz CT molecular complexity index is 1960. The molecule has 2 aliphatic carbocycles. The van der Waals surface area contributed by atoms with Gasteiger partial charge in [-0.05, 0) is 107 Å². The first-order valence-electron chi connectivity index (χ1n) is 21.8. The molecule has 6 atom stereocenters. The Morgan fingerprint density at radius 1 is 1.00 bits per heavy atom. The van der Waals surface area contributed by atoms with Crippen molar-refractivity contribution in [1.82, 2.24) is 9.88 Å². The van der Waals surface area contributed by atoms with E-state index in [4.69, 9.17) is 33.7 Å². The molecule has 0 spiro atoms. The van der Waals surface area contributed by atoms with E-state index in [-0.39, 0.29) is 57.2 Å². The number of unbranched alkanes of at least 4 members (excludes halogenated alkanes) is 2. The predicted molar refractivity (Wildman–Crippen MR) is 234 cm³/mol. The van der Waals surface area contributed by atoms with Crippen LogP contribution in [0.3, 0.4) is 0 Å². The minimum Gasteiger partial charge on any atom is -0.487 e. The number of amides is 1. The Hall–Kier alpha value is -4.75. The molecule has 1 aliphatic heterocycles. The van der Waals surface area contributed by atoms with Crippen molar-refractivity contribution in [2.75, 3.05) is 40.1 Å². The van der Waals surface area contributed by atoms with Crippen molar-refractivity contribution >= 4 is 11.8 Å². The monoisotopic (exact) mass is 839 g/mol. The van der Waals surface area contributed by atoms with Crippen LogP contribution >= 0.6 is 0 Å². The van der Waals surface area contributed by atoms with Crippen LogP contribution in [-0.2, 0) is 32.3 Å². The Morgan fingerprint density at radius 3 is 2.49 bits per heavy atom. The summed E-state index contributed by atoms with van der Waals surface area (Å²) >= 11 is 0. The second-order valence-corrected chi connectivity index (χ2v) is 17.3. The number of hydrogen-bond acceptors (Lipinski definition) is 11. The average Bonchev–Trinajstić information content (AvgIpc) is 3.25. The number of rotatable bonds is 21. The standard InChI is InChI=1S/C49H65N3O9/c1-7-26-59-49-44(52(6)47(55)57-28-27-56-32-35-17-9-8-10-18-35)31-42(51-61-48(3,4)5)40-29-36(19-11-13-24-53)39(21-12-14-25-54)45(46(40)49)41-30-38(22-23-43(41)60-49)58-33-37-20-15-16-34(2)50-37/h7-10,15-18,20,22-23,29-30,36,39,44-46,53-54H,1,11-14,19,21,24-28,31-33H2,2-6H3. The maximum atomic E-state index is 14.1. The van der Waals surface area contributed by atoms with Crippen molar-refractivity contribution in [2.24, 2.45) is 22.9 Å². The second-order valence-electron chi connectivity index (χ2n) is 17.3. The Morgan fingerprint density at radius 2 is 1.77 bits per heavy atom. The Balaban J connectivity index is 1.44. The molecule has 0 saturated heterocycles. The first kappa shape index (κ1) is 45.8. The number of aromatic nitrogens is 1. The number of oxime groups is 1. The lowest BCUT2D eigenvalue weighted by Gasteiger charge is -2.59. The van der Waals surface area contributed by atoms with Crippen LogP contribution in [0, 0.1) is 24.7 Å². The molecule has 3 aliphatic rings. The zero-order chi connectivity index (χ0) is 43.4. The van der Waals surface area contributed by atoms with E-state index in [1.807, 2.05) is 88.4 Å². The minimum atomic E-state index is -1.39. The number of aliphatic hydroxyl groups excluding tert-OH is 2. The number of aliphatic hydroxyl groups is 2. The molecule has 3 aromatic rings. The topological polar surface area (TPSA) is 141 Å². The van der Waals surface area contributed by atoms with Gasteiger partial charge < -0.3 is 43.6 Å². The summed E-state index contributed by atoms with van der Waals surface area (Å²) in [6.07, 6.45) is 8.42. The minimum absolute atomic E-state index is 0.0571. The highest BCUT2D eigenvalue weighted by Crippen LogP contribution is 2.62. The second kappa shape index (κ2) is 21.4. The number of carbonyl (C=O) groups is 1. The van der Waals surface area contributed by atoms with Crippen molar-refractivity contribution in [3.63, 3.8) is 0 Å². The molecule has 2 N–H and O–H groups in total. The van der Waals surface area contributed by atoms with Crippen LogP contribution in [0.25, 0.3) is 0 Å². The third-order valence-corrected chi connectivity index (χ3v) is 11.7. The molecule has 1 amide bonds. The molecule has 12 nitrogen and oxygen atoms in total. The van der Waals surface area contributed by atoms with Crippen LogP contribution < -0.4 is 9.47 Å². The Labute approximate surface area is 361 Å². The first-order valence-corrected chi connectivity index (χ1v) is 21.8. The number of aryl methyl sites for hydroxylation is 1. The lowest BCUT2D eigenvalue weighted by atomic mass is 9.55. The number of allylic oxidation sites excluding steroid dienone is 1. The van der Waals surface area contributed by atoms with Gasteiger partial charge in [-0.2, -0.15) is 0 Å². The SMILES string of the molecule is C=CCOC12Oc3ccc(OCc4cccc(C)n4)cc3C3C(CCCCO)C(CCCCO)C=C(C(=NOC(C)(C)C)CC1N(C)C(=O)OCCOCc1ccccc1)C32.